The summed E-state index contributed by atoms with van der Waals surface area (Å²) in [5.41, 5.74) is -0.729. The van der Waals surface area contributed by atoms with Crippen LogP contribution < -0.4 is 4.74 Å². The molecule has 21 heavy (non-hydrogen) atoms. The van der Waals surface area contributed by atoms with Gasteiger partial charge in [-0.2, -0.15) is 0 Å². The molecule has 0 aromatic heterocycles. The fourth-order valence-corrected chi connectivity index (χ4v) is 1.82. The van der Waals surface area contributed by atoms with Gasteiger partial charge in [0, 0.05) is 5.56 Å². The quantitative estimate of drug-likeness (QED) is 0.451. The van der Waals surface area contributed by atoms with Gasteiger partial charge in [-0.05, 0) is 19.9 Å². The van der Waals surface area contributed by atoms with Crippen LogP contribution in [0.25, 0.3) is 0 Å². The standard InChI is InChI=1S/C13H12BrF3O4/c1-3-20-12(19)10-8(11(18)7(2)14)5-4-6-9(10)21-13(15,16)17/h4-7H,3H2,1-2H3. The average Bonchev–Trinajstić information content (AvgIpc) is 2.35. The van der Waals surface area contributed by atoms with Gasteiger partial charge in [-0.25, -0.2) is 4.79 Å². The minimum Gasteiger partial charge on any atom is -0.462 e. The predicted octanol–water partition coefficient (Wildman–Crippen LogP) is 3.73. The lowest BCUT2D eigenvalue weighted by molar-refractivity contribution is -0.274. The van der Waals surface area contributed by atoms with Gasteiger partial charge in [0.2, 0.25) is 0 Å². The summed E-state index contributed by atoms with van der Waals surface area (Å²) < 4.78 is 45.7. The lowest BCUT2D eigenvalue weighted by Gasteiger charge is -2.15. The number of carbonyl (C=O) groups is 2. The van der Waals surface area contributed by atoms with E-state index in [0.29, 0.717) is 0 Å². The van der Waals surface area contributed by atoms with E-state index in [9.17, 15) is 22.8 Å². The van der Waals surface area contributed by atoms with Crippen molar-refractivity contribution in [3.8, 4) is 5.75 Å². The molecule has 0 heterocycles. The molecule has 0 saturated heterocycles. The van der Waals surface area contributed by atoms with Crippen molar-refractivity contribution >= 4 is 27.7 Å². The molecule has 0 amide bonds. The summed E-state index contributed by atoms with van der Waals surface area (Å²) in [6.07, 6.45) is -4.98. The number of hydrogen-bond donors (Lipinski definition) is 0. The summed E-state index contributed by atoms with van der Waals surface area (Å²) in [6.45, 7) is 2.95. The lowest BCUT2D eigenvalue weighted by atomic mass is 10.0. The maximum Gasteiger partial charge on any atom is 0.573 e. The second-order valence-corrected chi connectivity index (χ2v) is 5.30. The first-order valence-corrected chi connectivity index (χ1v) is 6.83. The van der Waals surface area contributed by atoms with Crippen molar-refractivity contribution in [2.45, 2.75) is 25.0 Å². The normalized spacial score (nSPS) is 12.7. The van der Waals surface area contributed by atoms with E-state index in [0.717, 1.165) is 6.07 Å². The van der Waals surface area contributed by atoms with Gasteiger partial charge in [0.25, 0.3) is 0 Å². The van der Waals surface area contributed by atoms with E-state index >= 15 is 0 Å². The molecule has 116 valence electrons. The third-order valence-corrected chi connectivity index (χ3v) is 2.77. The van der Waals surface area contributed by atoms with Gasteiger partial charge in [-0.15, -0.1) is 13.2 Å². The molecule has 1 aromatic carbocycles. The number of rotatable bonds is 5. The molecule has 4 nitrogen and oxygen atoms in total. The highest BCUT2D eigenvalue weighted by Gasteiger charge is 2.35. The van der Waals surface area contributed by atoms with Gasteiger partial charge in [-0.1, -0.05) is 28.1 Å². The van der Waals surface area contributed by atoms with Crippen LogP contribution in [0.1, 0.15) is 34.6 Å². The van der Waals surface area contributed by atoms with E-state index in [1.807, 2.05) is 0 Å². The van der Waals surface area contributed by atoms with Crippen molar-refractivity contribution in [1.29, 1.82) is 0 Å². The first-order chi connectivity index (χ1) is 9.67. The Hall–Kier alpha value is -1.57. The third kappa shape index (κ3) is 4.73. The van der Waals surface area contributed by atoms with E-state index in [-0.39, 0.29) is 12.2 Å². The second-order valence-electron chi connectivity index (χ2n) is 3.93. The highest BCUT2D eigenvalue weighted by Crippen LogP contribution is 2.30. The van der Waals surface area contributed by atoms with Crippen molar-refractivity contribution in [2.75, 3.05) is 6.61 Å². The lowest BCUT2D eigenvalue weighted by Crippen LogP contribution is -2.22. The maximum absolute atomic E-state index is 12.4. The Morgan fingerprint density at radius 3 is 2.43 bits per heavy atom. The van der Waals surface area contributed by atoms with Crippen LogP contribution in [0, 0.1) is 0 Å². The van der Waals surface area contributed by atoms with Gasteiger partial charge >= 0.3 is 12.3 Å². The molecular formula is C13H12BrF3O4. The number of halogens is 4. The molecule has 0 aliphatic rings. The minimum atomic E-state index is -4.98. The molecule has 0 bridgehead atoms. The Bertz CT molecular complexity index is 541. The van der Waals surface area contributed by atoms with Crippen molar-refractivity contribution in [1.82, 2.24) is 0 Å². The van der Waals surface area contributed by atoms with Crippen LogP contribution in [0.4, 0.5) is 13.2 Å². The van der Waals surface area contributed by atoms with Crippen molar-refractivity contribution < 1.29 is 32.2 Å². The fraction of sp³-hybridized carbons (Fsp3) is 0.385. The van der Waals surface area contributed by atoms with Crippen LogP contribution in [0.15, 0.2) is 18.2 Å². The predicted molar refractivity (Wildman–Crippen MR) is 71.8 cm³/mol. The molecule has 0 aliphatic heterocycles. The summed E-state index contributed by atoms with van der Waals surface area (Å²) in [7, 11) is 0. The van der Waals surface area contributed by atoms with E-state index in [2.05, 4.69) is 20.7 Å². The van der Waals surface area contributed by atoms with Crippen LogP contribution in [-0.4, -0.2) is 29.5 Å². The van der Waals surface area contributed by atoms with Crippen molar-refractivity contribution in [3.05, 3.63) is 29.3 Å². The zero-order valence-electron chi connectivity index (χ0n) is 11.2. The maximum atomic E-state index is 12.4. The van der Waals surface area contributed by atoms with Gasteiger partial charge < -0.3 is 9.47 Å². The Kier molecular flexibility index (Phi) is 5.77. The largest absolute Gasteiger partial charge is 0.573 e. The summed E-state index contributed by atoms with van der Waals surface area (Å²) in [5, 5.41) is 0. The molecule has 1 unspecified atom stereocenters. The van der Waals surface area contributed by atoms with Crippen molar-refractivity contribution in [2.24, 2.45) is 0 Å². The number of ether oxygens (including phenoxy) is 2. The van der Waals surface area contributed by atoms with E-state index in [1.54, 1.807) is 0 Å². The molecule has 0 spiro atoms. The number of benzene rings is 1. The second kappa shape index (κ2) is 6.93. The van der Waals surface area contributed by atoms with E-state index in [1.165, 1.54) is 26.0 Å². The molecule has 0 aliphatic carbocycles. The first kappa shape index (κ1) is 17.5. The molecule has 8 heteroatoms. The topological polar surface area (TPSA) is 52.6 Å². The van der Waals surface area contributed by atoms with Crippen LogP contribution in [-0.2, 0) is 4.74 Å². The Morgan fingerprint density at radius 1 is 1.33 bits per heavy atom. The summed E-state index contributed by atoms with van der Waals surface area (Å²) >= 11 is 3.02. The smallest absolute Gasteiger partial charge is 0.462 e. The summed E-state index contributed by atoms with van der Waals surface area (Å²) in [6, 6.07) is 3.40. The zero-order valence-corrected chi connectivity index (χ0v) is 12.7. The molecule has 0 saturated carbocycles. The average molecular weight is 369 g/mol. The molecule has 0 radical (unpaired) electrons. The molecular weight excluding hydrogens is 357 g/mol. The number of alkyl halides is 4. The number of ketones is 1. The Balaban J connectivity index is 3.41. The van der Waals surface area contributed by atoms with Crippen LogP contribution in [0.3, 0.4) is 0 Å². The molecule has 1 rings (SSSR count). The number of Topliss-reactive ketones (excluding diaryl/α,β-unsaturated/α-hetero) is 1. The third-order valence-electron chi connectivity index (χ3n) is 2.36. The zero-order chi connectivity index (χ0) is 16.2. The molecule has 1 aromatic rings. The molecule has 0 N–H and O–H groups in total. The van der Waals surface area contributed by atoms with E-state index in [4.69, 9.17) is 4.74 Å². The van der Waals surface area contributed by atoms with Crippen molar-refractivity contribution in [3.63, 3.8) is 0 Å². The molecule has 0 fully saturated rings. The number of carbonyl (C=O) groups excluding carboxylic acids is 2. The Morgan fingerprint density at radius 2 is 1.95 bits per heavy atom. The summed E-state index contributed by atoms with van der Waals surface area (Å²) in [5.74, 6) is -2.36. The van der Waals surface area contributed by atoms with Crippen LogP contribution >= 0.6 is 15.9 Å². The number of hydrogen-bond acceptors (Lipinski definition) is 4. The van der Waals surface area contributed by atoms with Gasteiger partial charge in [0.05, 0.1) is 11.4 Å². The summed E-state index contributed by atoms with van der Waals surface area (Å²) in [4.78, 5) is 23.2. The minimum absolute atomic E-state index is 0.0450. The number of esters is 1. The molecule has 1 atom stereocenters. The van der Waals surface area contributed by atoms with Gasteiger partial charge in [0.15, 0.2) is 5.78 Å². The van der Waals surface area contributed by atoms with Gasteiger partial charge in [-0.3, -0.25) is 4.79 Å². The highest BCUT2D eigenvalue weighted by atomic mass is 79.9. The highest BCUT2D eigenvalue weighted by molar-refractivity contribution is 9.10. The van der Waals surface area contributed by atoms with Crippen LogP contribution in [0.2, 0.25) is 0 Å². The Labute approximate surface area is 127 Å². The SMILES string of the molecule is CCOC(=O)c1c(OC(F)(F)F)cccc1C(=O)C(C)Br. The first-order valence-electron chi connectivity index (χ1n) is 5.91. The monoisotopic (exact) mass is 368 g/mol. The van der Waals surface area contributed by atoms with Crippen LogP contribution in [0.5, 0.6) is 5.75 Å². The fourth-order valence-electron chi connectivity index (χ4n) is 1.57. The van der Waals surface area contributed by atoms with E-state index < -0.39 is 34.3 Å². The van der Waals surface area contributed by atoms with Gasteiger partial charge in [0.1, 0.15) is 11.3 Å².